The van der Waals surface area contributed by atoms with Gasteiger partial charge in [-0.15, -0.1) is 0 Å². The van der Waals surface area contributed by atoms with Crippen LogP contribution in [0.2, 0.25) is 0 Å². The van der Waals surface area contributed by atoms with E-state index in [0.717, 1.165) is 26.9 Å². The SMILES string of the molecule is COc1c(C)cc(Br)c(CNO)c1C. The Kier molecular flexibility index (Phi) is 3.92. The number of aryl methyl sites for hydroxylation is 1. The summed E-state index contributed by atoms with van der Waals surface area (Å²) < 4.78 is 6.27. The molecule has 0 bridgehead atoms. The monoisotopic (exact) mass is 259 g/mol. The minimum Gasteiger partial charge on any atom is -0.496 e. The van der Waals surface area contributed by atoms with Crippen molar-refractivity contribution in [1.82, 2.24) is 5.48 Å². The van der Waals surface area contributed by atoms with Crippen molar-refractivity contribution in [3.63, 3.8) is 0 Å². The molecule has 0 spiro atoms. The van der Waals surface area contributed by atoms with Gasteiger partial charge < -0.3 is 9.94 Å². The summed E-state index contributed by atoms with van der Waals surface area (Å²) in [5, 5.41) is 8.69. The van der Waals surface area contributed by atoms with Crippen LogP contribution in [0, 0.1) is 13.8 Å². The van der Waals surface area contributed by atoms with Crippen molar-refractivity contribution < 1.29 is 9.94 Å². The van der Waals surface area contributed by atoms with Gasteiger partial charge in [-0.2, -0.15) is 0 Å². The summed E-state index contributed by atoms with van der Waals surface area (Å²) in [6.45, 7) is 4.37. The first-order valence-electron chi connectivity index (χ1n) is 4.31. The fourth-order valence-electron chi connectivity index (χ4n) is 1.56. The molecule has 0 aliphatic heterocycles. The Morgan fingerprint density at radius 2 is 2.14 bits per heavy atom. The van der Waals surface area contributed by atoms with Gasteiger partial charge in [0.15, 0.2) is 0 Å². The lowest BCUT2D eigenvalue weighted by atomic mass is 10.0. The maximum atomic E-state index is 8.69. The Morgan fingerprint density at radius 3 is 2.64 bits per heavy atom. The van der Waals surface area contributed by atoms with Gasteiger partial charge in [0.2, 0.25) is 0 Å². The van der Waals surface area contributed by atoms with Crippen molar-refractivity contribution in [2.75, 3.05) is 7.11 Å². The number of benzene rings is 1. The molecule has 1 aromatic rings. The summed E-state index contributed by atoms with van der Waals surface area (Å²) in [5.41, 5.74) is 5.28. The van der Waals surface area contributed by atoms with Crippen molar-refractivity contribution >= 4 is 15.9 Å². The van der Waals surface area contributed by atoms with Crippen molar-refractivity contribution in [3.8, 4) is 5.75 Å². The molecule has 0 heterocycles. The molecule has 78 valence electrons. The Balaban J connectivity index is 3.28. The molecule has 4 heteroatoms. The van der Waals surface area contributed by atoms with E-state index in [1.54, 1.807) is 7.11 Å². The molecule has 1 aromatic carbocycles. The zero-order valence-corrected chi connectivity index (χ0v) is 10.1. The lowest BCUT2D eigenvalue weighted by Gasteiger charge is -2.14. The molecule has 0 aliphatic rings. The zero-order valence-electron chi connectivity index (χ0n) is 8.52. The van der Waals surface area contributed by atoms with Gasteiger partial charge >= 0.3 is 0 Å². The van der Waals surface area contributed by atoms with E-state index < -0.39 is 0 Å². The second-order valence-corrected chi connectivity index (χ2v) is 4.00. The first-order chi connectivity index (χ1) is 6.61. The zero-order chi connectivity index (χ0) is 10.7. The molecule has 0 fully saturated rings. The van der Waals surface area contributed by atoms with Gasteiger partial charge in [-0.3, -0.25) is 0 Å². The highest BCUT2D eigenvalue weighted by Gasteiger charge is 2.11. The number of hydrogen-bond donors (Lipinski definition) is 2. The standard InChI is InChI=1S/C10H14BrNO2/c1-6-4-9(11)8(5-12-13)7(2)10(6)14-3/h4,12-13H,5H2,1-3H3. The van der Waals surface area contributed by atoms with Crippen molar-refractivity contribution in [2.45, 2.75) is 20.4 Å². The number of methoxy groups -OCH3 is 1. The predicted octanol–water partition coefficient (Wildman–Crippen LogP) is 2.55. The Morgan fingerprint density at radius 1 is 1.50 bits per heavy atom. The van der Waals surface area contributed by atoms with Crippen LogP contribution in [0.15, 0.2) is 10.5 Å². The highest BCUT2D eigenvalue weighted by Crippen LogP contribution is 2.31. The minimum absolute atomic E-state index is 0.406. The van der Waals surface area contributed by atoms with E-state index in [0.29, 0.717) is 6.54 Å². The summed E-state index contributed by atoms with van der Waals surface area (Å²) >= 11 is 3.46. The fourth-order valence-corrected chi connectivity index (χ4v) is 2.35. The van der Waals surface area contributed by atoms with Crippen LogP contribution in [0.3, 0.4) is 0 Å². The maximum absolute atomic E-state index is 8.69. The topological polar surface area (TPSA) is 41.5 Å². The van der Waals surface area contributed by atoms with E-state index in [1.165, 1.54) is 0 Å². The highest BCUT2D eigenvalue weighted by molar-refractivity contribution is 9.10. The van der Waals surface area contributed by atoms with Crippen LogP contribution in [0.1, 0.15) is 16.7 Å². The average Bonchev–Trinajstić information content (AvgIpc) is 2.12. The van der Waals surface area contributed by atoms with E-state index in [9.17, 15) is 0 Å². The molecule has 3 nitrogen and oxygen atoms in total. The van der Waals surface area contributed by atoms with Gasteiger partial charge in [-0.05, 0) is 36.6 Å². The van der Waals surface area contributed by atoms with Gasteiger partial charge in [0.05, 0.1) is 7.11 Å². The van der Waals surface area contributed by atoms with Gasteiger partial charge in [0.1, 0.15) is 5.75 Å². The number of hydrogen-bond acceptors (Lipinski definition) is 3. The summed E-state index contributed by atoms with van der Waals surface area (Å²) in [7, 11) is 1.65. The van der Waals surface area contributed by atoms with E-state index in [1.807, 2.05) is 19.9 Å². The second kappa shape index (κ2) is 4.77. The van der Waals surface area contributed by atoms with Gasteiger partial charge in [-0.1, -0.05) is 15.9 Å². The molecule has 0 aromatic heterocycles. The van der Waals surface area contributed by atoms with E-state index in [2.05, 4.69) is 21.4 Å². The minimum atomic E-state index is 0.406. The smallest absolute Gasteiger partial charge is 0.125 e. The first kappa shape index (κ1) is 11.5. The number of ether oxygens (including phenoxy) is 1. The van der Waals surface area contributed by atoms with Crippen LogP contribution >= 0.6 is 15.9 Å². The van der Waals surface area contributed by atoms with Crippen LogP contribution in [-0.2, 0) is 6.54 Å². The normalized spacial score (nSPS) is 10.4. The third-order valence-corrected chi connectivity index (χ3v) is 2.95. The van der Waals surface area contributed by atoms with Gasteiger partial charge in [-0.25, -0.2) is 5.48 Å². The number of hydroxylamine groups is 1. The summed E-state index contributed by atoms with van der Waals surface area (Å²) in [4.78, 5) is 0. The molecular formula is C10H14BrNO2. The van der Waals surface area contributed by atoms with Crippen LogP contribution < -0.4 is 10.2 Å². The largest absolute Gasteiger partial charge is 0.496 e. The fraction of sp³-hybridized carbons (Fsp3) is 0.400. The number of nitrogens with one attached hydrogen (secondary N) is 1. The van der Waals surface area contributed by atoms with Crippen molar-refractivity contribution in [2.24, 2.45) is 0 Å². The van der Waals surface area contributed by atoms with E-state index in [4.69, 9.17) is 9.94 Å². The van der Waals surface area contributed by atoms with Crippen molar-refractivity contribution in [3.05, 3.63) is 27.2 Å². The molecule has 1 rings (SSSR count). The Hall–Kier alpha value is -0.580. The third kappa shape index (κ3) is 2.08. The summed E-state index contributed by atoms with van der Waals surface area (Å²) in [5.74, 6) is 0.874. The van der Waals surface area contributed by atoms with Gasteiger partial charge in [0, 0.05) is 11.0 Å². The quantitative estimate of drug-likeness (QED) is 0.820. The van der Waals surface area contributed by atoms with Crippen LogP contribution in [0.4, 0.5) is 0 Å². The number of rotatable bonds is 3. The Bertz CT molecular complexity index is 339. The lowest BCUT2D eigenvalue weighted by molar-refractivity contribution is 0.160. The average molecular weight is 260 g/mol. The van der Waals surface area contributed by atoms with Crippen LogP contribution in [0.5, 0.6) is 5.75 Å². The molecule has 0 saturated carbocycles. The summed E-state index contributed by atoms with van der Waals surface area (Å²) in [6.07, 6.45) is 0. The Labute approximate surface area is 92.2 Å². The lowest BCUT2D eigenvalue weighted by Crippen LogP contribution is -2.09. The molecule has 0 aliphatic carbocycles. The summed E-state index contributed by atoms with van der Waals surface area (Å²) in [6, 6.07) is 1.98. The molecule has 0 atom stereocenters. The van der Waals surface area contributed by atoms with Gasteiger partial charge in [0.25, 0.3) is 0 Å². The molecule has 14 heavy (non-hydrogen) atoms. The van der Waals surface area contributed by atoms with Crippen LogP contribution in [0.25, 0.3) is 0 Å². The van der Waals surface area contributed by atoms with Crippen molar-refractivity contribution in [1.29, 1.82) is 0 Å². The predicted molar refractivity (Wildman–Crippen MR) is 58.8 cm³/mol. The van der Waals surface area contributed by atoms with Crippen LogP contribution in [-0.4, -0.2) is 12.3 Å². The molecule has 0 saturated heterocycles. The molecule has 2 N–H and O–H groups in total. The molecule has 0 unspecified atom stereocenters. The van der Waals surface area contributed by atoms with E-state index >= 15 is 0 Å². The third-order valence-electron chi connectivity index (χ3n) is 2.24. The number of halogens is 1. The molecule has 0 radical (unpaired) electrons. The highest BCUT2D eigenvalue weighted by atomic mass is 79.9. The van der Waals surface area contributed by atoms with E-state index in [-0.39, 0.29) is 0 Å². The molecule has 0 amide bonds. The first-order valence-corrected chi connectivity index (χ1v) is 5.10. The second-order valence-electron chi connectivity index (χ2n) is 3.15. The molecular weight excluding hydrogens is 246 g/mol. The maximum Gasteiger partial charge on any atom is 0.125 e.